The van der Waals surface area contributed by atoms with Crippen molar-refractivity contribution in [3.63, 3.8) is 0 Å². The lowest BCUT2D eigenvalue weighted by atomic mass is 10.1. The number of nitriles is 1. The van der Waals surface area contributed by atoms with Gasteiger partial charge >= 0.3 is 0 Å². The van der Waals surface area contributed by atoms with Gasteiger partial charge in [0.2, 0.25) is 0 Å². The third kappa shape index (κ3) is 1.28. The van der Waals surface area contributed by atoms with E-state index < -0.39 is 0 Å². The molecule has 0 fully saturated rings. The summed E-state index contributed by atoms with van der Waals surface area (Å²) in [6.45, 7) is 0.555. The van der Waals surface area contributed by atoms with E-state index in [4.69, 9.17) is 5.26 Å². The zero-order chi connectivity index (χ0) is 12.8. The minimum Gasteiger partial charge on any atom is -0.299 e. The SMILES string of the molecule is N#Cc1ncn2c1Cn1nccc1-c1ccccc1-2. The Morgan fingerprint density at radius 1 is 1.21 bits per heavy atom. The largest absolute Gasteiger partial charge is 0.299 e. The highest BCUT2D eigenvalue weighted by Gasteiger charge is 2.21. The average Bonchev–Trinajstić information content (AvgIpc) is 3.04. The van der Waals surface area contributed by atoms with Gasteiger partial charge in [0.05, 0.1) is 23.6 Å². The maximum atomic E-state index is 9.17. The van der Waals surface area contributed by atoms with E-state index in [0.29, 0.717) is 12.2 Å². The molecule has 0 saturated heterocycles. The standard InChI is InChI=1S/C14H9N5/c15-7-11-14-8-19-13(5-6-17-19)10-3-1-2-4-12(10)18(14)9-16-11/h1-6,9H,8H2. The van der Waals surface area contributed by atoms with Crippen LogP contribution in [0.4, 0.5) is 0 Å². The molecule has 0 amide bonds. The highest BCUT2D eigenvalue weighted by molar-refractivity contribution is 5.71. The van der Waals surface area contributed by atoms with E-state index in [1.807, 2.05) is 33.5 Å². The smallest absolute Gasteiger partial charge is 0.163 e. The zero-order valence-corrected chi connectivity index (χ0v) is 9.98. The average molecular weight is 247 g/mol. The Morgan fingerprint density at radius 2 is 2.11 bits per heavy atom. The molecule has 0 unspecified atom stereocenters. The summed E-state index contributed by atoms with van der Waals surface area (Å²) in [5.74, 6) is 0. The minimum absolute atomic E-state index is 0.457. The van der Waals surface area contributed by atoms with Crippen LogP contribution in [0.2, 0.25) is 0 Å². The van der Waals surface area contributed by atoms with Crippen LogP contribution in [0.1, 0.15) is 11.4 Å². The number of benzene rings is 1. The molecule has 1 aromatic carbocycles. The van der Waals surface area contributed by atoms with Gasteiger partial charge in [-0.3, -0.25) is 9.25 Å². The highest BCUT2D eigenvalue weighted by Crippen LogP contribution is 2.31. The van der Waals surface area contributed by atoms with E-state index in [2.05, 4.69) is 22.2 Å². The van der Waals surface area contributed by atoms with Crippen LogP contribution in [0.15, 0.2) is 42.9 Å². The van der Waals surface area contributed by atoms with Crippen molar-refractivity contribution in [2.24, 2.45) is 0 Å². The van der Waals surface area contributed by atoms with E-state index in [0.717, 1.165) is 22.6 Å². The molecular weight excluding hydrogens is 238 g/mol. The lowest BCUT2D eigenvalue weighted by molar-refractivity contribution is 0.677. The lowest BCUT2D eigenvalue weighted by Crippen LogP contribution is -2.05. The Morgan fingerprint density at radius 3 is 3.00 bits per heavy atom. The van der Waals surface area contributed by atoms with Crippen LogP contribution in [0.5, 0.6) is 0 Å². The fourth-order valence-electron chi connectivity index (χ4n) is 2.56. The van der Waals surface area contributed by atoms with Gasteiger partial charge in [0.25, 0.3) is 0 Å². The molecule has 90 valence electrons. The molecule has 0 aliphatic carbocycles. The summed E-state index contributed by atoms with van der Waals surface area (Å²) in [6.07, 6.45) is 3.49. The molecular formula is C14H9N5. The number of hydrogen-bond donors (Lipinski definition) is 0. The van der Waals surface area contributed by atoms with Crippen LogP contribution in [0, 0.1) is 11.3 Å². The zero-order valence-electron chi connectivity index (χ0n) is 9.98. The van der Waals surface area contributed by atoms with Gasteiger partial charge in [-0.15, -0.1) is 0 Å². The number of para-hydroxylation sites is 1. The summed E-state index contributed by atoms with van der Waals surface area (Å²) in [6, 6.07) is 12.2. The molecule has 19 heavy (non-hydrogen) atoms. The van der Waals surface area contributed by atoms with Crippen molar-refractivity contribution in [1.29, 1.82) is 5.26 Å². The van der Waals surface area contributed by atoms with Gasteiger partial charge < -0.3 is 0 Å². The Bertz CT molecular complexity index is 818. The number of nitrogens with zero attached hydrogens (tertiary/aromatic N) is 5. The van der Waals surface area contributed by atoms with Crippen molar-refractivity contribution in [2.75, 3.05) is 0 Å². The summed E-state index contributed by atoms with van der Waals surface area (Å²) in [4.78, 5) is 4.17. The highest BCUT2D eigenvalue weighted by atomic mass is 15.3. The van der Waals surface area contributed by atoms with E-state index in [9.17, 15) is 0 Å². The number of aromatic nitrogens is 4. The van der Waals surface area contributed by atoms with Gasteiger partial charge in [0.15, 0.2) is 5.69 Å². The molecule has 0 bridgehead atoms. The Kier molecular flexibility index (Phi) is 1.89. The van der Waals surface area contributed by atoms with Gasteiger partial charge in [0.1, 0.15) is 12.4 Å². The molecule has 1 aliphatic heterocycles. The van der Waals surface area contributed by atoms with Crippen molar-refractivity contribution < 1.29 is 0 Å². The van der Waals surface area contributed by atoms with Gasteiger partial charge in [-0.05, 0) is 12.1 Å². The van der Waals surface area contributed by atoms with Crippen molar-refractivity contribution in [3.05, 3.63) is 54.2 Å². The Hall–Kier alpha value is -2.87. The molecule has 0 radical (unpaired) electrons. The maximum absolute atomic E-state index is 9.17. The van der Waals surface area contributed by atoms with Crippen molar-refractivity contribution in [2.45, 2.75) is 6.54 Å². The molecule has 5 nitrogen and oxygen atoms in total. The Labute approximate surface area is 109 Å². The second kappa shape index (κ2) is 3.56. The first-order valence-electron chi connectivity index (χ1n) is 5.96. The molecule has 3 heterocycles. The molecule has 1 aliphatic rings. The molecule has 0 atom stereocenters. The molecule has 5 heteroatoms. The summed E-state index contributed by atoms with van der Waals surface area (Å²) >= 11 is 0. The molecule has 0 N–H and O–H groups in total. The number of imidazole rings is 1. The van der Waals surface area contributed by atoms with Crippen LogP contribution >= 0.6 is 0 Å². The fourth-order valence-corrected chi connectivity index (χ4v) is 2.56. The predicted molar refractivity (Wildman–Crippen MR) is 68.6 cm³/mol. The first kappa shape index (κ1) is 10.1. The van der Waals surface area contributed by atoms with E-state index >= 15 is 0 Å². The number of hydrogen-bond acceptors (Lipinski definition) is 3. The lowest BCUT2D eigenvalue weighted by Gasteiger charge is -2.07. The third-order valence-electron chi connectivity index (χ3n) is 3.43. The van der Waals surface area contributed by atoms with E-state index in [1.165, 1.54) is 0 Å². The van der Waals surface area contributed by atoms with Crippen LogP contribution in [-0.4, -0.2) is 19.3 Å². The fraction of sp³-hybridized carbons (Fsp3) is 0.0714. The summed E-state index contributed by atoms with van der Waals surface area (Å²) in [7, 11) is 0. The first-order valence-corrected chi connectivity index (χ1v) is 5.96. The van der Waals surface area contributed by atoms with E-state index in [1.54, 1.807) is 12.5 Å². The second-order valence-electron chi connectivity index (χ2n) is 4.41. The van der Waals surface area contributed by atoms with Gasteiger partial charge in [-0.1, -0.05) is 18.2 Å². The summed E-state index contributed by atoms with van der Waals surface area (Å²) < 4.78 is 3.88. The molecule has 2 aromatic heterocycles. The third-order valence-corrected chi connectivity index (χ3v) is 3.43. The number of fused-ring (bicyclic) bond motifs is 5. The quantitative estimate of drug-likeness (QED) is 0.477. The topological polar surface area (TPSA) is 59.4 Å². The van der Waals surface area contributed by atoms with Gasteiger partial charge in [-0.25, -0.2) is 4.98 Å². The van der Waals surface area contributed by atoms with Crippen LogP contribution < -0.4 is 0 Å². The van der Waals surface area contributed by atoms with Gasteiger partial charge in [0, 0.05) is 11.8 Å². The van der Waals surface area contributed by atoms with Crippen LogP contribution in [-0.2, 0) is 6.54 Å². The maximum Gasteiger partial charge on any atom is 0.163 e. The molecule has 0 saturated carbocycles. The van der Waals surface area contributed by atoms with E-state index in [-0.39, 0.29) is 0 Å². The Balaban J connectivity index is 2.13. The second-order valence-corrected chi connectivity index (χ2v) is 4.41. The molecule has 4 rings (SSSR count). The van der Waals surface area contributed by atoms with Gasteiger partial charge in [-0.2, -0.15) is 10.4 Å². The predicted octanol–water partition coefficient (Wildman–Crippen LogP) is 1.97. The normalized spacial score (nSPS) is 11.9. The monoisotopic (exact) mass is 247 g/mol. The first-order chi connectivity index (χ1) is 9.38. The summed E-state index contributed by atoms with van der Waals surface area (Å²) in [5, 5.41) is 13.5. The minimum atomic E-state index is 0.457. The van der Waals surface area contributed by atoms with Crippen molar-refractivity contribution in [3.8, 4) is 23.0 Å². The summed E-state index contributed by atoms with van der Waals surface area (Å²) in [5.41, 5.74) is 4.52. The van der Waals surface area contributed by atoms with Crippen LogP contribution in [0.25, 0.3) is 16.9 Å². The van der Waals surface area contributed by atoms with Crippen molar-refractivity contribution in [1.82, 2.24) is 19.3 Å². The molecule has 3 aromatic rings. The number of rotatable bonds is 0. The van der Waals surface area contributed by atoms with Crippen LogP contribution in [0.3, 0.4) is 0 Å². The van der Waals surface area contributed by atoms with Crippen molar-refractivity contribution >= 4 is 0 Å². The molecule has 0 spiro atoms.